The Kier molecular flexibility index (Phi) is 3.79. The quantitative estimate of drug-likeness (QED) is 0.866. The Bertz CT molecular complexity index is 612. The fraction of sp³-hybridized carbons (Fsp3) is 0.417. The SMILES string of the molecule is CCS(=O)CCn1c(=S)[nH]c2ccc(C)cc21. The van der Waals surface area contributed by atoms with Crippen LogP contribution in [0.5, 0.6) is 0 Å². The van der Waals surface area contributed by atoms with E-state index in [9.17, 15) is 4.21 Å². The molecule has 1 aromatic carbocycles. The molecule has 17 heavy (non-hydrogen) atoms. The minimum atomic E-state index is -0.749. The van der Waals surface area contributed by atoms with Gasteiger partial charge in [-0.25, -0.2) is 0 Å². The average molecular weight is 268 g/mol. The fourth-order valence-electron chi connectivity index (χ4n) is 1.82. The molecule has 0 saturated carbocycles. The van der Waals surface area contributed by atoms with Crippen LogP contribution >= 0.6 is 12.2 Å². The predicted molar refractivity (Wildman–Crippen MR) is 75.4 cm³/mol. The number of benzene rings is 1. The summed E-state index contributed by atoms with van der Waals surface area (Å²) in [6.45, 7) is 4.71. The third-order valence-electron chi connectivity index (χ3n) is 2.80. The van der Waals surface area contributed by atoms with Gasteiger partial charge in [0.2, 0.25) is 0 Å². The maximum absolute atomic E-state index is 11.5. The van der Waals surface area contributed by atoms with Crippen molar-refractivity contribution < 1.29 is 4.21 Å². The summed E-state index contributed by atoms with van der Waals surface area (Å²) in [5.41, 5.74) is 3.35. The van der Waals surface area contributed by atoms with Crippen LogP contribution in [0.1, 0.15) is 12.5 Å². The number of hydrogen-bond donors (Lipinski definition) is 1. The number of imidazole rings is 1. The van der Waals surface area contributed by atoms with Gasteiger partial charge >= 0.3 is 0 Å². The molecular weight excluding hydrogens is 252 g/mol. The van der Waals surface area contributed by atoms with Crippen LogP contribution in [0.4, 0.5) is 0 Å². The summed E-state index contributed by atoms with van der Waals surface area (Å²) in [6, 6.07) is 6.20. The number of rotatable bonds is 4. The van der Waals surface area contributed by atoms with E-state index in [1.54, 1.807) is 0 Å². The van der Waals surface area contributed by atoms with E-state index in [0.29, 0.717) is 22.8 Å². The fourth-order valence-corrected chi connectivity index (χ4v) is 2.80. The normalized spacial score (nSPS) is 13.1. The van der Waals surface area contributed by atoms with Crippen molar-refractivity contribution in [3.63, 3.8) is 0 Å². The minimum absolute atomic E-state index is 0.658. The molecule has 5 heteroatoms. The van der Waals surface area contributed by atoms with Gasteiger partial charge in [-0.2, -0.15) is 0 Å². The Labute approximate surface area is 108 Å². The highest BCUT2D eigenvalue weighted by molar-refractivity contribution is 7.84. The van der Waals surface area contributed by atoms with E-state index >= 15 is 0 Å². The molecular formula is C12H16N2OS2. The largest absolute Gasteiger partial charge is 0.331 e. The van der Waals surface area contributed by atoms with Gasteiger partial charge in [-0.15, -0.1) is 0 Å². The van der Waals surface area contributed by atoms with Crippen molar-refractivity contribution in [3.05, 3.63) is 28.5 Å². The second-order valence-corrected chi connectivity index (χ2v) is 6.29. The Morgan fingerprint density at radius 1 is 1.47 bits per heavy atom. The van der Waals surface area contributed by atoms with E-state index in [4.69, 9.17) is 12.2 Å². The van der Waals surface area contributed by atoms with E-state index in [2.05, 4.69) is 24.0 Å². The number of nitrogens with one attached hydrogen (secondary N) is 1. The summed E-state index contributed by atoms with van der Waals surface area (Å²) in [4.78, 5) is 3.17. The maximum Gasteiger partial charge on any atom is 0.178 e. The van der Waals surface area contributed by atoms with Gasteiger partial charge in [0.25, 0.3) is 0 Å². The molecule has 2 aromatic rings. The Morgan fingerprint density at radius 2 is 2.24 bits per heavy atom. The lowest BCUT2D eigenvalue weighted by Crippen LogP contribution is -2.08. The number of nitrogens with zero attached hydrogens (tertiary/aromatic N) is 1. The van der Waals surface area contributed by atoms with Gasteiger partial charge in [0, 0.05) is 28.9 Å². The molecule has 3 nitrogen and oxygen atoms in total. The zero-order valence-electron chi connectivity index (χ0n) is 10.0. The molecule has 0 aliphatic carbocycles. The highest BCUT2D eigenvalue weighted by Crippen LogP contribution is 2.15. The molecule has 0 saturated heterocycles. The number of aromatic amines is 1. The van der Waals surface area contributed by atoms with Crippen molar-refractivity contribution in [3.8, 4) is 0 Å². The van der Waals surface area contributed by atoms with Crippen molar-refractivity contribution in [1.82, 2.24) is 9.55 Å². The molecule has 0 aliphatic heterocycles. The van der Waals surface area contributed by atoms with Crippen LogP contribution in [0, 0.1) is 11.7 Å². The van der Waals surface area contributed by atoms with E-state index < -0.39 is 10.8 Å². The molecule has 0 bridgehead atoms. The van der Waals surface area contributed by atoms with E-state index in [1.807, 2.05) is 17.6 Å². The smallest absolute Gasteiger partial charge is 0.178 e. The molecule has 1 unspecified atom stereocenters. The van der Waals surface area contributed by atoms with Crippen LogP contribution in [-0.4, -0.2) is 25.3 Å². The summed E-state index contributed by atoms with van der Waals surface area (Å²) in [5, 5.41) is 0. The Hall–Kier alpha value is -0.940. The molecule has 92 valence electrons. The summed E-state index contributed by atoms with van der Waals surface area (Å²) in [5.74, 6) is 1.36. The first-order valence-corrected chi connectivity index (χ1v) is 7.55. The Balaban J connectivity index is 2.38. The van der Waals surface area contributed by atoms with E-state index in [-0.39, 0.29) is 0 Å². The van der Waals surface area contributed by atoms with Gasteiger partial charge in [-0.3, -0.25) is 4.21 Å². The van der Waals surface area contributed by atoms with Gasteiger partial charge in [-0.1, -0.05) is 13.0 Å². The third-order valence-corrected chi connectivity index (χ3v) is 4.40. The van der Waals surface area contributed by atoms with Crippen LogP contribution in [0.15, 0.2) is 18.2 Å². The molecule has 0 radical (unpaired) electrons. The monoisotopic (exact) mass is 268 g/mol. The van der Waals surface area contributed by atoms with Crippen LogP contribution in [0.3, 0.4) is 0 Å². The second kappa shape index (κ2) is 5.14. The lowest BCUT2D eigenvalue weighted by molar-refractivity contribution is 0.675. The highest BCUT2D eigenvalue weighted by Gasteiger charge is 2.05. The molecule has 0 aliphatic rings. The maximum atomic E-state index is 11.5. The second-order valence-electron chi connectivity index (χ2n) is 4.04. The summed E-state index contributed by atoms with van der Waals surface area (Å²) in [6.07, 6.45) is 0. The van der Waals surface area contributed by atoms with Gasteiger partial charge in [0.15, 0.2) is 4.77 Å². The van der Waals surface area contributed by atoms with Gasteiger partial charge in [-0.05, 0) is 36.8 Å². The van der Waals surface area contributed by atoms with Crippen molar-refractivity contribution >= 4 is 34.1 Å². The molecule has 0 fully saturated rings. The number of hydrogen-bond acceptors (Lipinski definition) is 2. The lowest BCUT2D eigenvalue weighted by Gasteiger charge is -2.04. The molecule has 1 N–H and O–H groups in total. The van der Waals surface area contributed by atoms with Crippen LogP contribution in [0.2, 0.25) is 0 Å². The molecule has 1 heterocycles. The molecule has 1 aromatic heterocycles. The number of H-pyrrole nitrogens is 1. The van der Waals surface area contributed by atoms with Crippen LogP contribution in [0.25, 0.3) is 11.0 Å². The molecule has 1 atom stereocenters. The number of fused-ring (bicyclic) bond motifs is 1. The molecule has 0 spiro atoms. The van der Waals surface area contributed by atoms with Crippen molar-refractivity contribution in [2.45, 2.75) is 20.4 Å². The Morgan fingerprint density at radius 3 is 2.94 bits per heavy atom. The zero-order chi connectivity index (χ0) is 12.4. The topological polar surface area (TPSA) is 37.8 Å². The first-order valence-electron chi connectivity index (χ1n) is 5.66. The summed E-state index contributed by atoms with van der Waals surface area (Å²) < 4.78 is 14.2. The van der Waals surface area contributed by atoms with Crippen LogP contribution in [-0.2, 0) is 17.3 Å². The number of aromatic nitrogens is 2. The third kappa shape index (κ3) is 2.66. The summed E-state index contributed by atoms with van der Waals surface area (Å²) in [7, 11) is -0.749. The first kappa shape index (κ1) is 12.5. The highest BCUT2D eigenvalue weighted by atomic mass is 32.2. The average Bonchev–Trinajstić information content (AvgIpc) is 2.61. The molecule has 2 rings (SSSR count). The van der Waals surface area contributed by atoms with E-state index in [0.717, 1.165) is 11.0 Å². The number of aryl methyl sites for hydroxylation is 2. The summed E-state index contributed by atoms with van der Waals surface area (Å²) >= 11 is 5.29. The van der Waals surface area contributed by atoms with Crippen LogP contribution < -0.4 is 0 Å². The first-order chi connectivity index (χ1) is 8.11. The van der Waals surface area contributed by atoms with Crippen molar-refractivity contribution in [2.75, 3.05) is 11.5 Å². The molecule has 0 amide bonds. The van der Waals surface area contributed by atoms with Gasteiger partial charge in [0.1, 0.15) is 0 Å². The van der Waals surface area contributed by atoms with Gasteiger partial charge in [0.05, 0.1) is 11.0 Å². The van der Waals surface area contributed by atoms with Crippen molar-refractivity contribution in [1.29, 1.82) is 0 Å². The predicted octanol–water partition coefficient (Wildman–Crippen LogP) is 2.78. The van der Waals surface area contributed by atoms with Crippen molar-refractivity contribution in [2.24, 2.45) is 0 Å². The lowest BCUT2D eigenvalue weighted by atomic mass is 10.2. The standard InChI is InChI=1S/C12H16N2OS2/c1-3-17(15)7-6-14-11-8-9(2)4-5-10(11)13-12(14)16/h4-5,8H,3,6-7H2,1-2H3,(H,13,16). The minimum Gasteiger partial charge on any atom is -0.331 e. The van der Waals surface area contributed by atoms with Gasteiger partial charge < -0.3 is 9.55 Å². The zero-order valence-corrected chi connectivity index (χ0v) is 11.7. The van der Waals surface area contributed by atoms with E-state index in [1.165, 1.54) is 5.56 Å².